The maximum Gasteiger partial charge on any atom is 0.510 e. The van der Waals surface area contributed by atoms with Crippen molar-refractivity contribution in [1.82, 2.24) is 0 Å². The van der Waals surface area contributed by atoms with Crippen molar-refractivity contribution in [3.05, 3.63) is 70.1 Å². The molecule has 3 rings (SSSR count). The summed E-state index contributed by atoms with van der Waals surface area (Å²) in [5, 5.41) is 23.4. The molecule has 0 spiro atoms. The molecule has 0 amide bonds. The topological polar surface area (TPSA) is 105 Å². The largest absolute Gasteiger partial charge is 0.510 e. The molecular formula is C23H22N3O5S+. The van der Waals surface area contributed by atoms with Crippen molar-refractivity contribution in [2.45, 2.75) is 6.92 Å². The first-order valence-electron chi connectivity index (χ1n) is 9.65. The predicted molar refractivity (Wildman–Crippen MR) is 124 cm³/mol. The van der Waals surface area contributed by atoms with E-state index in [9.17, 15) is 15.3 Å². The molecular weight excluding hydrogens is 430 g/mol. The summed E-state index contributed by atoms with van der Waals surface area (Å²) in [6.07, 6.45) is 0. The number of carbonyl (C=O) groups excluding carboxylic acids is 1. The Morgan fingerprint density at radius 2 is 1.66 bits per heavy atom. The van der Waals surface area contributed by atoms with Crippen molar-refractivity contribution >= 4 is 34.4 Å². The van der Waals surface area contributed by atoms with Crippen LogP contribution in [-0.4, -0.2) is 31.9 Å². The molecule has 32 heavy (non-hydrogen) atoms. The summed E-state index contributed by atoms with van der Waals surface area (Å²) in [5.41, 5.74) is 1.56. The van der Waals surface area contributed by atoms with Gasteiger partial charge in [-0.2, -0.15) is 0 Å². The van der Waals surface area contributed by atoms with E-state index < -0.39 is 17.4 Å². The molecule has 9 heteroatoms. The van der Waals surface area contributed by atoms with Crippen LogP contribution in [0.3, 0.4) is 0 Å². The molecule has 1 aromatic heterocycles. The Kier molecular flexibility index (Phi) is 7.31. The maximum atomic E-state index is 12.1. The molecule has 164 valence electrons. The van der Waals surface area contributed by atoms with Crippen LogP contribution in [0.15, 0.2) is 60.3 Å². The van der Waals surface area contributed by atoms with E-state index in [1.807, 2.05) is 42.5 Å². The van der Waals surface area contributed by atoms with Gasteiger partial charge >= 0.3 is 11.7 Å². The molecule has 0 saturated heterocycles. The zero-order valence-electron chi connectivity index (χ0n) is 17.8. The molecule has 0 unspecified atom stereocenters. The molecule has 0 bridgehead atoms. The van der Waals surface area contributed by atoms with E-state index in [0.717, 1.165) is 16.1 Å². The number of aliphatic hydroxyl groups is 1. The number of nitrogens with zero attached hydrogens (tertiary/aromatic N) is 2. The lowest BCUT2D eigenvalue weighted by Crippen LogP contribution is -2.07. The quantitative estimate of drug-likeness (QED) is 0.192. The van der Waals surface area contributed by atoms with Crippen LogP contribution < -0.4 is 14.8 Å². The van der Waals surface area contributed by atoms with Crippen molar-refractivity contribution in [1.29, 1.82) is 5.39 Å². The van der Waals surface area contributed by atoms with Crippen LogP contribution in [0.5, 0.6) is 11.5 Å². The Hall–Kier alpha value is -4.03. The van der Waals surface area contributed by atoms with Crippen LogP contribution in [0.1, 0.15) is 11.8 Å². The Morgan fingerprint density at radius 1 is 1.06 bits per heavy atom. The molecule has 0 aliphatic heterocycles. The van der Waals surface area contributed by atoms with Crippen LogP contribution >= 0.6 is 11.3 Å². The third kappa shape index (κ3) is 4.99. The highest BCUT2D eigenvalue weighted by Crippen LogP contribution is 2.41. The van der Waals surface area contributed by atoms with E-state index in [4.69, 9.17) is 14.2 Å². The monoisotopic (exact) mass is 452 g/mol. The number of hydrogen-bond acceptors (Lipinski definition) is 8. The van der Waals surface area contributed by atoms with Crippen LogP contribution in [0, 0.1) is 5.39 Å². The number of methoxy groups -OCH3 is 2. The molecule has 2 N–H and O–H groups in total. The number of carbonyl (C=O) groups is 1. The lowest BCUT2D eigenvalue weighted by molar-refractivity contribution is -0.138. The highest BCUT2D eigenvalue weighted by Gasteiger charge is 2.33. The normalized spacial score (nSPS) is 11.2. The van der Waals surface area contributed by atoms with E-state index >= 15 is 0 Å². The zero-order chi connectivity index (χ0) is 23.1. The molecule has 0 aliphatic carbocycles. The van der Waals surface area contributed by atoms with Crippen molar-refractivity contribution < 1.29 is 24.1 Å². The molecule has 8 nitrogen and oxygen atoms in total. The number of nitrogens with one attached hydrogen (secondary N) is 1. The average molecular weight is 453 g/mol. The number of esters is 1. The molecule has 0 radical (unpaired) electrons. The number of hydrogen-bond donors (Lipinski definition) is 2. The highest BCUT2D eigenvalue weighted by atomic mass is 32.1. The number of aliphatic hydroxyl groups excluding tert-OH is 1. The van der Waals surface area contributed by atoms with Crippen LogP contribution in [-0.2, 0) is 9.53 Å². The van der Waals surface area contributed by atoms with Crippen LogP contribution in [0.2, 0.25) is 0 Å². The van der Waals surface area contributed by atoms with Gasteiger partial charge in [0.15, 0.2) is 4.98 Å². The Morgan fingerprint density at radius 3 is 2.19 bits per heavy atom. The summed E-state index contributed by atoms with van der Waals surface area (Å²) in [5.74, 6) is -0.00557. The first-order chi connectivity index (χ1) is 15.5. The lowest BCUT2D eigenvalue weighted by Gasteiger charge is -2.07. The van der Waals surface area contributed by atoms with Gasteiger partial charge < -0.3 is 24.6 Å². The minimum Gasteiger partial charge on any atom is -0.500 e. The number of diazo groups is 1. The van der Waals surface area contributed by atoms with Gasteiger partial charge in [0.25, 0.3) is 0 Å². The molecule has 2 aromatic carbocycles. The number of rotatable bonds is 8. The first kappa shape index (κ1) is 22.7. The van der Waals surface area contributed by atoms with Crippen LogP contribution in [0.4, 0.5) is 11.4 Å². The second-order valence-electron chi connectivity index (χ2n) is 6.45. The zero-order valence-corrected chi connectivity index (χ0v) is 18.6. The van der Waals surface area contributed by atoms with Gasteiger partial charge in [0.1, 0.15) is 16.4 Å². The second-order valence-corrected chi connectivity index (χ2v) is 7.51. The van der Waals surface area contributed by atoms with E-state index in [2.05, 4.69) is 10.3 Å². The van der Waals surface area contributed by atoms with Gasteiger partial charge in [0.2, 0.25) is 11.2 Å². The first-order valence-corrected chi connectivity index (χ1v) is 10.5. The van der Waals surface area contributed by atoms with Crippen molar-refractivity contribution in [3.8, 4) is 21.9 Å². The summed E-state index contributed by atoms with van der Waals surface area (Å²) in [6, 6.07) is 16.5. The Balaban J connectivity index is 2.08. The van der Waals surface area contributed by atoms with Crippen LogP contribution in [0.25, 0.3) is 21.2 Å². The summed E-state index contributed by atoms with van der Waals surface area (Å²) in [4.78, 5) is 16.2. The summed E-state index contributed by atoms with van der Waals surface area (Å²) in [6.45, 7) is 1.69. The van der Waals surface area contributed by atoms with Crippen molar-refractivity contribution in [2.75, 3.05) is 26.1 Å². The van der Waals surface area contributed by atoms with Crippen molar-refractivity contribution in [3.63, 3.8) is 0 Å². The fourth-order valence-corrected chi connectivity index (χ4v) is 3.94. The third-order valence-electron chi connectivity index (χ3n) is 4.48. The van der Waals surface area contributed by atoms with Gasteiger partial charge in [0, 0.05) is 10.6 Å². The Bertz CT molecular complexity index is 1160. The van der Waals surface area contributed by atoms with E-state index in [-0.39, 0.29) is 6.61 Å². The average Bonchev–Trinajstić information content (AvgIpc) is 3.24. The SMILES string of the molecule is CCOC(=O)/C([N+]#N)=C(\O)c1sc(-c2ccc(OC)cc2)cc1Nc1ccc(OC)cc1. The summed E-state index contributed by atoms with van der Waals surface area (Å²) < 4.78 is 15.3. The van der Waals surface area contributed by atoms with E-state index in [1.165, 1.54) is 11.3 Å². The highest BCUT2D eigenvalue weighted by molar-refractivity contribution is 7.17. The standard InChI is InChI=1S/C23H21N3O5S/c1-4-31-23(28)20(26-24)21(27)22-18(25-15-7-11-17(30-3)12-8-15)13-19(32-22)14-5-9-16(29-2)10-6-14/h5-13H,4H2,1-3H3,(H-,25,27,28)/p+1. The minimum atomic E-state index is -0.928. The number of anilines is 2. The minimum absolute atomic E-state index is 0.0730. The maximum absolute atomic E-state index is 12.1. The van der Waals surface area contributed by atoms with Gasteiger partial charge in [0.05, 0.1) is 26.5 Å². The van der Waals surface area contributed by atoms with E-state index in [1.54, 1.807) is 33.3 Å². The third-order valence-corrected chi connectivity index (χ3v) is 5.67. The Labute approximate surface area is 189 Å². The smallest absolute Gasteiger partial charge is 0.500 e. The molecule has 3 aromatic rings. The predicted octanol–water partition coefficient (Wildman–Crippen LogP) is 5.82. The summed E-state index contributed by atoms with van der Waals surface area (Å²) in [7, 11) is 3.17. The van der Waals surface area contributed by atoms with Crippen molar-refractivity contribution in [2.24, 2.45) is 0 Å². The van der Waals surface area contributed by atoms with Gasteiger partial charge in [-0.15, -0.1) is 11.3 Å². The molecule has 1 heterocycles. The van der Waals surface area contributed by atoms with Gasteiger partial charge in [-0.25, -0.2) is 4.79 Å². The van der Waals surface area contributed by atoms with Gasteiger partial charge in [-0.3, -0.25) is 0 Å². The molecule has 0 fully saturated rings. The molecule has 0 atom stereocenters. The fraction of sp³-hybridized carbons (Fsp3) is 0.174. The second kappa shape index (κ2) is 10.3. The van der Waals surface area contributed by atoms with Gasteiger partial charge in [-0.05, 0) is 67.1 Å². The lowest BCUT2D eigenvalue weighted by atomic mass is 10.1. The number of thiophene rings is 1. The number of benzene rings is 2. The van der Waals surface area contributed by atoms with E-state index in [0.29, 0.717) is 22.1 Å². The fourth-order valence-electron chi connectivity index (χ4n) is 2.88. The summed E-state index contributed by atoms with van der Waals surface area (Å²) >= 11 is 1.23. The molecule has 0 saturated carbocycles. The van der Waals surface area contributed by atoms with Gasteiger partial charge in [-0.1, -0.05) is 0 Å². The number of ether oxygens (including phenoxy) is 3. The molecule has 0 aliphatic rings.